The van der Waals surface area contributed by atoms with Crippen molar-refractivity contribution in [2.75, 3.05) is 20.1 Å². The molecule has 98 valence electrons. The Morgan fingerprint density at radius 2 is 2.22 bits per heavy atom. The fourth-order valence-electron chi connectivity index (χ4n) is 1.80. The van der Waals surface area contributed by atoms with Crippen molar-refractivity contribution in [2.24, 2.45) is 0 Å². The molecule has 0 aliphatic rings. The van der Waals surface area contributed by atoms with Gasteiger partial charge < -0.3 is 14.5 Å². The zero-order valence-corrected chi connectivity index (χ0v) is 11.9. The van der Waals surface area contributed by atoms with Crippen LogP contribution in [-0.4, -0.2) is 34.6 Å². The van der Waals surface area contributed by atoms with Crippen molar-refractivity contribution in [1.29, 1.82) is 0 Å². The predicted molar refractivity (Wildman–Crippen MR) is 75.3 cm³/mol. The Hall–Kier alpha value is -0.910. The van der Waals surface area contributed by atoms with Crippen LogP contribution in [0.2, 0.25) is 5.02 Å². The molecule has 3 nitrogen and oxygen atoms in total. The third-order valence-electron chi connectivity index (χ3n) is 3.06. The molecule has 0 atom stereocenters. The van der Waals surface area contributed by atoms with Crippen LogP contribution in [0.1, 0.15) is 6.92 Å². The van der Waals surface area contributed by atoms with Crippen molar-refractivity contribution in [1.82, 2.24) is 14.5 Å². The number of hydrogen-bond donors (Lipinski definition) is 1. The van der Waals surface area contributed by atoms with Gasteiger partial charge in [-0.25, -0.2) is 4.39 Å². The van der Waals surface area contributed by atoms with Crippen LogP contribution in [0.5, 0.6) is 0 Å². The standard InChI is InChI=1S/C12H15ClFN3S/c1-3-16(2)4-5-17-11-7-9(14)8(13)6-10(11)15-12(17)18/h6-7H,3-5H2,1-2H3,(H,15,18). The van der Waals surface area contributed by atoms with E-state index < -0.39 is 5.82 Å². The molecule has 0 aliphatic carbocycles. The largest absolute Gasteiger partial charge is 0.331 e. The molecule has 0 radical (unpaired) electrons. The molecule has 0 spiro atoms. The smallest absolute Gasteiger partial charge is 0.178 e. The fraction of sp³-hybridized carbons (Fsp3) is 0.417. The monoisotopic (exact) mass is 287 g/mol. The van der Waals surface area contributed by atoms with Crippen molar-refractivity contribution < 1.29 is 4.39 Å². The summed E-state index contributed by atoms with van der Waals surface area (Å²) in [5, 5.41) is 0.108. The first-order chi connectivity index (χ1) is 8.52. The van der Waals surface area contributed by atoms with E-state index in [1.54, 1.807) is 6.07 Å². The molecule has 1 heterocycles. The molecule has 2 rings (SSSR count). The highest BCUT2D eigenvalue weighted by Crippen LogP contribution is 2.22. The van der Waals surface area contributed by atoms with E-state index in [9.17, 15) is 4.39 Å². The minimum Gasteiger partial charge on any atom is -0.331 e. The first kappa shape index (κ1) is 13.5. The molecule has 1 N–H and O–H groups in total. The SMILES string of the molecule is CCN(C)CCn1c(=S)[nH]c2cc(Cl)c(F)cc21. The van der Waals surface area contributed by atoms with Crippen molar-refractivity contribution in [3.05, 3.63) is 27.7 Å². The number of nitrogens with one attached hydrogen (secondary N) is 1. The van der Waals surface area contributed by atoms with E-state index in [1.165, 1.54) is 6.07 Å². The zero-order valence-electron chi connectivity index (χ0n) is 10.3. The lowest BCUT2D eigenvalue weighted by Crippen LogP contribution is -2.22. The number of hydrogen-bond acceptors (Lipinski definition) is 2. The van der Waals surface area contributed by atoms with E-state index in [2.05, 4.69) is 16.8 Å². The number of rotatable bonds is 4. The van der Waals surface area contributed by atoms with Crippen LogP contribution in [0, 0.1) is 10.6 Å². The second-order valence-corrected chi connectivity index (χ2v) is 5.06. The number of imidazole rings is 1. The summed E-state index contributed by atoms with van der Waals surface area (Å²) in [7, 11) is 2.04. The van der Waals surface area contributed by atoms with Crippen molar-refractivity contribution >= 4 is 34.9 Å². The first-order valence-electron chi connectivity index (χ1n) is 5.79. The van der Waals surface area contributed by atoms with Crippen molar-refractivity contribution in [3.8, 4) is 0 Å². The summed E-state index contributed by atoms with van der Waals surface area (Å²) < 4.78 is 16.0. The highest BCUT2D eigenvalue weighted by molar-refractivity contribution is 7.71. The number of aromatic nitrogens is 2. The van der Waals surface area contributed by atoms with Gasteiger partial charge in [-0.2, -0.15) is 0 Å². The minimum absolute atomic E-state index is 0.108. The van der Waals surface area contributed by atoms with E-state index in [0.29, 0.717) is 4.77 Å². The first-order valence-corrected chi connectivity index (χ1v) is 6.57. The van der Waals surface area contributed by atoms with Crippen LogP contribution in [0.3, 0.4) is 0 Å². The quantitative estimate of drug-likeness (QED) is 0.871. The molecular formula is C12H15ClFN3S. The third kappa shape index (κ3) is 2.58. The summed E-state index contributed by atoms with van der Waals surface area (Å²) in [5.41, 5.74) is 1.52. The van der Waals surface area contributed by atoms with Gasteiger partial charge in [-0.3, -0.25) is 0 Å². The molecule has 0 aliphatic heterocycles. The lowest BCUT2D eigenvalue weighted by Gasteiger charge is -2.14. The van der Waals surface area contributed by atoms with Crippen LogP contribution < -0.4 is 0 Å². The van der Waals surface area contributed by atoms with Crippen molar-refractivity contribution in [2.45, 2.75) is 13.5 Å². The van der Waals surface area contributed by atoms with Crippen LogP contribution in [0.15, 0.2) is 12.1 Å². The molecule has 6 heteroatoms. The lowest BCUT2D eigenvalue weighted by molar-refractivity contribution is 0.336. The van der Waals surface area contributed by atoms with Crippen LogP contribution in [0.25, 0.3) is 11.0 Å². The summed E-state index contributed by atoms with van der Waals surface area (Å²) >= 11 is 11.0. The van der Waals surface area contributed by atoms with Crippen LogP contribution >= 0.6 is 23.8 Å². The zero-order chi connectivity index (χ0) is 13.3. The number of aromatic amines is 1. The normalized spacial score (nSPS) is 11.6. The minimum atomic E-state index is -0.421. The van der Waals surface area contributed by atoms with E-state index in [-0.39, 0.29) is 5.02 Å². The summed E-state index contributed by atoms with van der Waals surface area (Å²) in [6.45, 7) is 4.65. The van der Waals surface area contributed by atoms with Gasteiger partial charge in [0.25, 0.3) is 0 Å². The van der Waals surface area contributed by atoms with Gasteiger partial charge in [0.05, 0.1) is 16.1 Å². The Kier molecular flexibility index (Phi) is 4.04. The number of H-pyrrole nitrogens is 1. The van der Waals surface area contributed by atoms with Crippen LogP contribution in [0.4, 0.5) is 4.39 Å². The van der Waals surface area contributed by atoms with Crippen LogP contribution in [-0.2, 0) is 6.54 Å². The second-order valence-electron chi connectivity index (χ2n) is 4.26. The van der Waals surface area contributed by atoms with Gasteiger partial charge >= 0.3 is 0 Å². The second kappa shape index (κ2) is 5.38. The van der Waals surface area contributed by atoms with Gasteiger partial charge in [-0.1, -0.05) is 18.5 Å². The molecule has 0 amide bonds. The van der Waals surface area contributed by atoms with Crippen molar-refractivity contribution in [3.63, 3.8) is 0 Å². The molecule has 1 aromatic carbocycles. The maximum atomic E-state index is 13.5. The summed E-state index contributed by atoms with van der Waals surface area (Å²) in [6.07, 6.45) is 0. The number of benzene rings is 1. The van der Waals surface area contributed by atoms with Gasteiger partial charge in [-0.05, 0) is 31.9 Å². The van der Waals surface area contributed by atoms with E-state index >= 15 is 0 Å². The Morgan fingerprint density at radius 3 is 2.89 bits per heavy atom. The molecule has 0 unspecified atom stereocenters. The summed E-state index contributed by atoms with van der Waals surface area (Å²) in [5.74, 6) is -0.421. The maximum absolute atomic E-state index is 13.5. The van der Waals surface area contributed by atoms with Gasteiger partial charge in [0.15, 0.2) is 4.77 Å². The average Bonchev–Trinajstić information content (AvgIpc) is 2.62. The van der Waals surface area contributed by atoms with E-state index in [0.717, 1.165) is 30.7 Å². The lowest BCUT2D eigenvalue weighted by atomic mass is 10.3. The van der Waals surface area contributed by atoms with E-state index in [1.807, 2.05) is 11.6 Å². The Bertz CT molecular complexity index is 620. The fourth-order valence-corrected chi connectivity index (χ4v) is 2.27. The van der Waals surface area contributed by atoms with Gasteiger partial charge in [0.1, 0.15) is 5.82 Å². The highest BCUT2D eigenvalue weighted by Gasteiger charge is 2.09. The van der Waals surface area contributed by atoms with Gasteiger partial charge in [0.2, 0.25) is 0 Å². The Labute approximate surface area is 115 Å². The molecule has 2 aromatic rings. The number of halogens is 2. The molecule has 0 fully saturated rings. The third-order valence-corrected chi connectivity index (χ3v) is 3.67. The average molecular weight is 288 g/mol. The Balaban J connectivity index is 2.41. The molecule has 1 aromatic heterocycles. The van der Waals surface area contributed by atoms with Gasteiger partial charge in [0, 0.05) is 19.2 Å². The predicted octanol–water partition coefficient (Wildman–Crippen LogP) is 3.44. The molecule has 0 saturated heterocycles. The summed E-state index contributed by atoms with van der Waals surface area (Å²) in [4.78, 5) is 5.22. The van der Waals surface area contributed by atoms with Gasteiger partial charge in [-0.15, -0.1) is 0 Å². The Morgan fingerprint density at radius 1 is 1.50 bits per heavy atom. The van der Waals surface area contributed by atoms with E-state index in [4.69, 9.17) is 23.8 Å². The highest BCUT2D eigenvalue weighted by atomic mass is 35.5. The molecule has 0 bridgehead atoms. The molecule has 0 saturated carbocycles. The number of fused-ring (bicyclic) bond motifs is 1. The molecular weight excluding hydrogens is 273 g/mol. The number of nitrogens with zero attached hydrogens (tertiary/aromatic N) is 2. The maximum Gasteiger partial charge on any atom is 0.178 e. The molecule has 18 heavy (non-hydrogen) atoms. The number of likely N-dealkylation sites (N-methyl/N-ethyl adjacent to an activating group) is 1. The summed E-state index contributed by atoms with van der Waals surface area (Å²) in [6, 6.07) is 3.00. The topological polar surface area (TPSA) is 24.0 Å².